The van der Waals surface area contributed by atoms with Crippen LogP contribution >= 0.6 is 0 Å². The van der Waals surface area contributed by atoms with E-state index in [1.165, 1.54) is 0 Å². The van der Waals surface area contributed by atoms with E-state index in [1.807, 2.05) is 44.0 Å². The molecule has 0 N–H and O–H groups in total. The lowest BCUT2D eigenvalue weighted by Crippen LogP contribution is -2.12. The Balaban J connectivity index is 2.35. The second kappa shape index (κ2) is 4.84. The lowest BCUT2D eigenvalue weighted by Gasteiger charge is -2.18. The van der Waals surface area contributed by atoms with Crippen molar-refractivity contribution >= 4 is 11.5 Å². The molecule has 1 heterocycles. The van der Waals surface area contributed by atoms with Crippen molar-refractivity contribution in [1.29, 1.82) is 5.26 Å². The van der Waals surface area contributed by atoms with E-state index in [9.17, 15) is 0 Å². The molecule has 90 valence electrons. The van der Waals surface area contributed by atoms with Crippen molar-refractivity contribution in [2.75, 3.05) is 11.9 Å². The van der Waals surface area contributed by atoms with E-state index >= 15 is 0 Å². The monoisotopic (exact) mass is 238 g/mol. The van der Waals surface area contributed by atoms with E-state index < -0.39 is 0 Å². The fourth-order valence-electron chi connectivity index (χ4n) is 1.76. The van der Waals surface area contributed by atoms with Gasteiger partial charge in [0.15, 0.2) is 0 Å². The van der Waals surface area contributed by atoms with Crippen LogP contribution in [0, 0.1) is 25.2 Å². The summed E-state index contributed by atoms with van der Waals surface area (Å²) in [5.41, 5.74) is 2.59. The predicted molar refractivity (Wildman–Crippen MR) is 70.7 cm³/mol. The summed E-state index contributed by atoms with van der Waals surface area (Å²) in [6, 6.07) is 11.5. The van der Waals surface area contributed by atoms with E-state index in [1.54, 1.807) is 12.1 Å². The molecule has 0 spiro atoms. The summed E-state index contributed by atoms with van der Waals surface area (Å²) in [7, 11) is 1.95. The summed E-state index contributed by atoms with van der Waals surface area (Å²) in [4.78, 5) is 10.6. The topological polar surface area (TPSA) is 52.8 Å². The van der Waals surface area contributed by atoms with Gasteiger partial charge in [-0.05, 0) is 38.1 Å². The molecule has 2 rings (SSSR count). The Morgan fingerprint density at radius 2 is 1.78 bits per heavy atom. The second-order valence-corrected chi connectivity index (χ2v) is 4.13. The fourth-order valence-corrected chi connectivity index (χ4v) is 1.76. The Bertz CT molecular complexity index is 576. The van der Waals surface area contributed by atoms with Crippen LogP contribution in [0.3, 0.4) is 0 Å². The molecule has 0 aliphatic carbocycles. The van der Waals surface area contributed by atoms with Crippen LogP contribution in [0.4, 0.5) is 11.5 Å². The Morgan fingerprint density at radius 3 is 2.33 bits per heavy atom. The highest BCUT2D eigenvalue weighted by atomic mass is 15.2. The van der Waals surface area contributed by atoms with Crippen molar-refractivity contribution in [2.24, 2.45) is 0 Å². The van der Waals surface area contributed by atoms with Gasteiger partial charge in [0.2, 0.25) is 0 Å². The summed E-state index contributed by atoms with van der Waals surface area (Å²) in [6.45, 7) is 3.83. The number of rotatable bonds is 2. The lowest BCUT2D eigenvalue weighted by atomic mass is 10.2. The van der Waals surface area contributed by atoms with Crippen LogP contribution in [-0.2, 0) is 0 Å². The van der Waals surface area contributed by atoms with Crippen LogP contribution in [0.2, 0.25) is 0 Å². The zero-order valence-electron chi connectivity index (χ0n) is 10.7. The van der Waals surface area contributed by atoms with E-state index in [0.29, 0.717) is 5.56 Å². The van der Waals surface area contributed by atoms with Crippen LogP contribution in [0.25, 0.3) is 0 Å². The molecule has 4 nitrogen and oxygen atoms in total. The molecule has 0 saturated carbocycles. The van der Waals surface area contributed by atoms with Crippen molar-refractivity contribution in [3.63, 3.8) is 0 Å². The van der Waals surface area contributed by atoms with Gasteiger partial charge in [0.1, 0.15) is 11.6 Å². The van der Waals surface area contributed by atoms with Gasteiger partial charge >= 0.3 is 0 Å². The smallest absolute Gasteiger partial charge is 0.136 e. The van der Waals surface area contributed by atoms with E-state index in [2.05, 4.69) is 16.0 Å². The summed E-state index contributed by atoms with van der Waals surface area (Å²) in [5, 5.41) is 8.77. The van der Waals surface area contributed by atoms with Gasteiger partial charge in [-0.15, -0.1) is 0 Å². The van der Waals surface area contributed by atoms with Crippen molar-refractivity contribution in [3.05, 3.63) is 47.4 Å². The number of nitrogens with zero attached hydrogens (tertiary/aromatic N) is 4. The summed E-state index contributed by atoms with van der Waals surface area (Å²) in [5.74, 6) is 1.61. The van der Waals surface area contributed by atoms with Gasteiger partial charge in [0, 0.05) is 24.5 Å². The Hall–Kier alpha value is -2.41. The van der Waals surface area contributed by atoms with Crippen LogP contribution in [-0.4, -0.2) is 17.0 Å². The first-order valence-corrected chi connectivity index (χ1v) is 5.66. The van der Waals surface area contributed by atoms with Crippen LogP contribution in [0.5, 0.6) is 0 Å². The third-order valence-corrected chi connectivity index (χ3v) is 2.68. The van der Waals surface area contributed by atoms with Crippen LogP contribution in [0.1, 0.15) is 17.1 Å². The summed E-state index contributed by atoms with van der Waals surface area (Å²) in [6.07, 6.45) is 0. The van der Waals surface area contributed by atoms with E-state index in [0.717, 1.165) is 23.0 Å². The molecule has 1 aromatic carbocycles. The van der Waals surface area contributed by atoms with Gasteiger partial charge in [-0.3, -0.25) is 0 Å². The SMILES string of the molecule is Cc1cc(N(C)c2ccc(C#N)cc2)nc(C)n1. The van der Waals surface area contributed by atoms with Gasteiger partial charge in [-0.1, -0.05) is 0 Å². The van der Waals surface area contributed by atoms with Gasteiger partial charge in [-0.25, -0.2) is 9.97 Å². The normalized spacial score (nSPS) is 9.89. The minimum atomic E-state index is 0.655. The van der Waals surface area contributed by atoms with Gasteiger partial charge < -0.3 is 4.90 Å². The number of benzene rings is 1. The molecule has 0 radical (unpaired) electrons. The number of aromatic nitrogens is 2. The minimum absolute atomic E-state index is 0.655. The maximum absolute atomic E-state index is 8.77. The third kappa shape index (κ3) is 2.46. The van der Waals surface area contributed by atoms with Crippen molar-refractivity contribution in [3.8, 4) is 6.07 Å². The highest BCUT2D eigenvalue weighted by Crippen LogP contribution is 2.22. The molecule has 0 fully saturated rings. The van der Waals surface area contributed by atoms with Crippen molar-refractivity contribution in [1.82, 2.24) is 9.97 Å². The summed E-state index contributed by atoms with van der Waals surface area (Å²) < 4.78 is 0. The first kappa shape index (κ1) is 12.1. The molecule has 0 amide bonds. The number of aryl methyl sites for hydroxylation is 2. The van der Waals surface area contributed by atoms with Gasteiger partial charge in [-0.2, -0.15) is 5.26 Å². The average Bonchev–Trinajstić information content (AvgIpc) is 2.37. The van der Waals surface area contributed by atoms with E-state index in [4.69, 9.17) is 5.26 Å². The zero-order chi connectivity index (χ0) is 13.1. The molecule has 0 aliphatic heterocycles. The standard InChI is InChI=1S/C14H14N4/c1-10-8-14(17-11(2)16-10)18(3)13-6-4-12(9-15)5-7-13/h4-8H,1-3H3. The molecule has 1 aromatic heterocycles. The molecule has 18 heavy (non-hydrogen) atoms. The first-order chi connectivity index (χ1) is 8.60. The largest absolute Gasteiger partial charge is 0.329 e. The predicted octanol–water partition coefficient (Wildman–Crippen LogP) is 2.73. The summed E-state index contributed by atoms with van der Waals surface area (Å²) >= 11 is 0. The maximum Gasteiger partial charge on any atom is 0.136 e. The molecular weight excluding hydrogens is 224 g/mol. The quantitative estimate of drug-likeness (QED) is 0.807. The zero-order valence-corrected chi connectivity index (χ0v) is 10.7. The Morgan fingerprint density at radius 1 is 1.11 bits per heavy atom. The highest BCUT2D eigenvalue weighted by Gasteiger charge is 2.07. The van der Waals surface area contributed by atoms with Crippen LogP contribution < -0.4 is 4.90 Å². The highest BCUT2D eigenvalue weighted by molar-refractivity contribution is 5.60. The lowest BCUT2D eigenvalue weighted by molar-refractivity contribution is 0.982. The molecular formula is C14H14N4. The van der Waals surface area contributed by atoms with Crippen LogP contribution in [0.15, 0.2) is 30.3 Å². The number of hydrogen-bond donors (Lipinski definition) is 0. The number of hydrogen-bond acceptors (Lipinski definition) is 4. The molecule has 0 unspecified atom stereocenters. The maximum atomic E-state index is 8.77. The van der Waals surface area contributed by atoms with Crippen molar-refractivity contribution in [2.45, 2.75) is 13.8 Å². The van der Waals surface area contributed by atoms with E-state index in [-0.39, 0.29) is 0 Å². The molecule has 0 aliphatic rings. The Labute approximate surface area is 107 Å². The Kier molecular flexibility index (Phi) is 3.24. The van der Waals surface area contributed by atoms with Gasteiger partial charge in [0.25, 0.3) is 0 Å². The fraction of sp³-hybridized carbons (Fsp3) is 0.214. The number of nitriles is 1. The molecule has 0 atom stereocenters. The molecule has 0 bridgehead atoms. The van der Waals surface area contributed by atoms with Crippen molar-refractivity contribution < 1.29 is 0 Å². The molecule has 2 aromatic rings. The minimum Gasteiger partial charge on any atom is -0.329 e. The molecule has 0 saturated heterocycles. The number of anilines is 2. The average molecular weight is 238 g/mol. The molecule has 4 heteroatoms. The first-order valence-electron chi connectivity index (χ1n) is 5.66. The second-order valence-electron chi connectivity index (χ2n) is 4.13. The van der Waals surface area contributed by atoms with Gasteiger partial charge in [0.05, 0.1) is 11.6 Å². The third-order valence-electron chi connectivity index (χ3n) is 2.68.